The molecule has 0 N–H and O–H groups in total. The van der Waals surface area contributed by atoms with Gasteiger partial charge in [-0.2, -0.15) is 5.26 Å². The Morgan fingerprint density at radius 2 is 1.35 bits per heavy atom. The van der Waals surface area contributed by atoms with Crippen molar-refractivity contribution in [1.29, 1.82) is 5.26 Å². The molecule has 2 aromatic carbocycles. The zero-order valence-corrected chi connectivity index (χ0v) is 9.32. The number of rotatable bonds is 3. The van der Waals surface area contributed by atoms with Crippen molar-refractivity contribution >= 4 is 6.21 Å². The Bertz CT molecular complexity index is 484. The lowest BCUT2D eigenvalue weighted by Gasteiger charge is -2.12. The van der Waals surface area contributed by atoms with Crippen LogP contribution < -0.4 is 0 Å². The molecule has 0 aliphatic rings. The smallest absolute Gasteiger partial charge is 0.111 e. The van der Waals surface area contributed by atoms with Crippen molar-refractivity contribution in [3.8, 4) is 6.07 Å². The van der Waals surface area contributed by atoms with E-state index >= 15 is 0 Å². The molecular formula is C15H12N2. The van der Waals surface area contributed by atoms with Gasteiger partial charge in [0.2, 0.25) is 0 Å². The second kappa shape index (κ2) is 5.62. The van der Waals surface area contributed by atoms with Gasteiger partial charge in [0.05, 0.1) is 6.21 Å². The van der Waals surface area contributed by atoms with Crippen molar-refractivity contribution in [3.05, 3.63) is 71.8 Å². The molecule has 0 spiro atoms. The van der Waals surface area contributed by atoms with E-state index in [4.69, 9.17) is 5.26 Å². The van der Waals surface area contributed by atoms with E-state index in [0.717, 1.165) is 11.1 Å². The molecule has 0 radical (unpaired) electrons. The van der Waals surface area contributed by atoms with Crippen LogP contribution >= 0.6 is 0 Å². The molecule has 0 aliphatic heterocycles. The third-order valence-corrected chi connectivity index (χ3v) is 2.51. The molecule has 0 aromatic heterocycles. The Labute approximate surface area is 101 Å². The van der Waals surface area contributed by atoms with Crippen LogP contribution in [0.2, 0.25) is 0 Å². The number of benzene rings is 2. The van der Waals surface area contributed by atoms with Crippen LogP contribution in [-0.2, 0) is 0 Å². The molecule has 0 bridgehead atoms. The van der Waals surface area contributed by atoms with E-state index in [1.165, 1.54) is 6.21 Å². The molecule has 0 saturated carbocycles. The second-order valence-corrected chi connectivity index (χ2v) is 3.63. The van der Waals surface area contributed by atoms with Gasteiger partial charge in [-0.1, -0.05) is 60.7 Å². The van der Waals surface area contributed by atoms with Crippen LogP contribution in [0.25, 0.3) is 0 Å². The summed E-state index contributed by atoms with van der Waals surface area (Å²) < 4.78 is 0. The second-order valence-electron chi connectivity index (χ2n) is 3.63. The van der Waals surface area contributed by atoms with Crippen LogP contribution in [-0.4, -0.2) is 6.21 Å². The SMILES string of the molecule is N#CC=NC(c1ccccc1)c1ccccc1. The van der Waals surface area contributed by atoms with Gasteiger partial charge in [0.1, 0.15) is 12.1 Å². The highest BCUT2D eigenvalue weighted by molar-refractivity contribution is 5.75. The summed E-state index contributed by atoms with van der Waals surface area (Å²) in [6, 6.07) is 21.8. The van der Waals surface area contributed by atoms with Gasteiger partial charge in [-0.15, -0.1) is 0 Å². The molecule has 17 heavy (non-hydrogen) atoms. The molecule has 0 aliphatic carbocycles. The first-order valence-electron chi connectivity index (χ1n) is 5.43. The summed E-state index contributed by atoms with van der Waals surface area (Å²) in [7, 11) is 0. The molecule has 82 valence electrons. The van der Waals surface area contributed by atoms with Crippen LogP contribution in [0.1, 0.15) is 17.2 Å². The highest BCUT2D eigenvalue weighted by Crippen LogP contribution is 2.25. The molecule has 0 amide bonds. The first-order chi connectivity index (χ1) is 8.42. The summed E-state index contributed by atoms with van der Waals surface area (Å²) in [6.45, 7) is 0. The van der Waals surface area contributed by atoms with Gasteiger partial charge in [0.25, 0.3) is 0 Å². The molecular weight excluding hydrogens is 208 g/mol. The molecule has 0 heterocycles. The Morgan fingerprint density at radius 1 is 0.882 bits per heavy atom. The minimum absolute atomic E-state index is 0.1000. The standard InChI is InChI=1S/C15H12N2/c16-11-12-17-15(13-7-3-1-4-8-13)14-9-5-2-6-10-14/h1-10,12,15H. The molecule has 0 unspecified atom stereocenters. The van der Waals surface area contributed by atoms with Gasteiger partial charge in [-0.3, -0.25) is 4.99 Å². The summed E-state index contributed by atoms with van der Waals surface area (Å²) in [6.07, 6.45) is 1.30. The van der Waals surface area contributed by atoms with Crippen LogP contribution in [0, 0.1) is 11.3 Å². The Morgan fingerprint density at radius 3 is 1.76 bits per heavy atom. The molecule has 2 rings (SSSR count). The van der Waals surface area contributed by atoms with Crippen molar-refractivity contribution in [2.75, 3.05) is 0 Å². The summed E-state index contributed by atoms with van der Waals surface area (Å²) in [5, 5.41) is 8.61. The fourth-order valence-electron chi connectivity index (χ4n) is 1.74. The Balaban J connectivity index is 2.40. The average Bonchev–Trinajstić information content (AvgIpc) is 2.42. The van der Waals surface area contributed by atoms with Crippen molar-refractivity contribution in [1.82, 2.24) is 0 Å². The fraction of sp³-hybridized carbons (Fsp3) is 0.0667. The highest BCUT2D eigenvalue weighted by atomic mass is 14.8. The maximum Gasteiger partial charge on any atom is 0.111 e. The molecule has 2 nitrogen and oxygen atoms in total. The number of hydrogen-bond donors (Lipinski definition) is 0. The van der Waals surface area contributed by atoms with Crippen LogP contribution in [0.4, 0.5) is 0 Å². The van der Waals surface area contributed by atoms with E-state index in [1.807, 2.05) is 66.7 Å². The molecule has 0 atom stereocenters. The summed E-state index contributed by atoms with van der Waals surface area (Å²) in [5.41, 5.74) is 2.18. The highest BCUT2D eigenvalue weighted by Gasteiger charge is 2.10. The average molecular weight is 220 g/mol. The topological polar surface area (TPSA) is 36.1 Å². The van der Waals surface area contributed by atoms with E-state index in [9.17, 15) is 0 Å². The van der Waals surface area contributed by atoms with Crippen LogP contribution in [0.3, 0.4) is 0 Å². The van der Waals surface area contributed by atoms with Crippen LogP contribution in [0.5, 0.6) is 0 Å². The van der Waals surface area contributed by atoms with E-state index in [2.05, 4.69) is 4.99 Å². The summed E-state index contributed by atoms with van der Waals surface area (Å²) >= 11 is 0. The first-order valence-corrected chi connectivity index (χ1v) is 5.43. The zero-order valence-electron chi connectivity index (χ0n) is 9.32. The Kier molecular flexibility index (Phi) is 3.67. The number of nitriles is 1. The first kappa shape index (κ1) is 11.1. The van der Waals surface area contributed by atoms with Gasteiger partial charge >= 0.3 is 0 Å². The van der Waals surface area contributed by atoms with Gasteiger partial charge in [-0.05, 0) is 11.1 Å². The molecule has 2 aromatic rings. The summed E-state index contributed by atoms with van der Waals surface area (Å²) in [4.78, 5) is 4.30. The third-order valence-electron chi connectivity index (χ3n) is 2.51. The lowest BCUT2D eigenvalue weighted by molar-refractivity contribution is 0.879. The predicted molar refractivity (Wildman–Crippen MR) is 68.8 cm³/mol. The maximum atomic E-state index is 8.61. The summed E-state index contributed by atoms with van der Waals surface area (Å²) in [5.74, 6) is 0. The Hall–Kier alpha value is -2.40. The minimum atomic E-state index is -0.1000. The van der Waals surface area contributed by atoms with Crippen molar-refractivity contribution < 1.29 is 0 Å². The molecule has 2 heteroatoms. The van der Waals surface area contributed by atoms with Gasteiger partial charge < -0.3 is 0 Å². The lowest BCUT2D eigenvalue weighted by atomic mass is 9.99. The monoisotopic (exact) mass is 220 g/mol. The normalized spacial score (nSPS) is 10.6. The van der Waals surface area contributed by atoms with Crippen molar-refractivity contribution in [2.24, 2.45) is 4.99 Å². The lowest BCUT2D eigenvalue weighted by Crippen LogP contribution is -1.97. The number of hydrogen-bond acceptors (Lipinski definition) is 2. The number of nitrogens with zero attached hydrogens (tertiary/aromatic N) is 2. The zero-order chi connectivity index (χ0) is 11.9. The largest absolute Gasteiger partial charge is 0.269 e. The van der Waals surface area contributed by atoms with Crippen LogP contribution in [0.15, 0.2) is 65.7 Å². The predicted octanol–water partition coefficient (Wildman–Crippen LogP) is 3.37. The minimum Gasteiger partial charge on any atom is -0.269 e. The van der Waals surface area contributed by atoms with E-state index in [1.54, 1.807) is 0 Å². The van der Waals surface area contributed by atoms with E-state index < -0.39 is 0 Å². The van der Waals surface area contributed by atoms with Gasteiger partial charge in [0.15, 0.2) is 0 Å². The van der Waals surface area contributed by atoms with E-state index in [0.29, 0.717) is 0 Å². The van der Waals surface area contributed by atoms with Crippen molar-refractivity contribution in [3.63, 3.8) is 0 Å². The fourth-order valence-corrected chi connectivity index (χ4v) is 1.74. The van der Waals surface area contributed by atoms with E-state index in [-0.39, 0.29) is 6.04 Å². The number of aliphatic imine (C=N–C) groups is 1. The van der Waals surface area contributed by atoms with Crippen molar-refractivity contribution in [2.45, 2.75) is 6.04 Å². The molecule has 0 fully saturated rings. The molecule has 0 saturated heterocycles. The quantitative estimate of drug-likeness (QED) is 0.730. The van der Waals surface area contributed by atoms with Gasteiger partial charge in [-0.25, -0.2) is 0 Å². The third kappa shape index (κ3) is 2.79. The van der Waals surface area contributed by atoms with Gasteiger partial charge in [0, 0.05) is 0 Å². The maximum absolute atomic E-state index is 8.61.